The number of carbonyl (C=O) groups is 2. The standard InChI is InChI=1S/C11H23N3O3/c1-6-8(9(15)16)13-10(17)12-7-11(2,3)14(4)5/h8H,6-7H2,1-5H3,(H,15,16)(H2,12,13,17)/t8-/m1/s1. The molecule has 0 spiro atoms. The monoisotopic (exact) mass is 245 g/mol. The Balaban J connectivity index is 4.16. The second-order valence-corrected chi connectivity index (χ2v) is 4.83. The van der Waals surface area contributed by atoms with Gasteiger partial charge in [0.15, 0.2) is 0 Å². The van der Waals surface area contributed by atoms with E-state index in [0.29, 0.717) is 13.0 Å². The Kier molecular flexibility index (Phi) is 5.95. The number of urea groups is 1. The second-order valence-electron chi connectivity index (χ2n) is 4.83. The van der Waals surface area contributed by atoms with Crippen molar-refractivity contribution in [2.24, 2.45) is 0 Å². The first-order chi connectivity index (χ1) is 7.70. The van der Waals surface area contributed by atoms with Gasteiger partial charge in [0, 0.05) is 12.1 Å². The van der Waals surface area contributed by atoms with Gasteiger partial charge in [0.1, 0.15) is 6.04 Å². The van der Waals surface area contributed by atoms with Gasteiger partial charge in [0.25, 0.3) is 0 Å². The molecule has 0 saturated heterocycles. The Morgan fingerprint density at radius 1 is 1.35 bits per heavy atom. The van der Waals surface area contributed by atoms with Crippen LogP contribution < -0.4 is 10.6 Å². The second kappa shape index (κ2) is 6.44. The maximum atomic E-state index is 11.5. The highest BCUT2D eigenvalue weighted by Crippen LogP contribution is 2.07. The van der Waals surface area contributed by atoms with Crippen molar-refractivity contribution in [2.45, 2.75) is 38.8 Å². The van der Waals surface area contributed by atoms with Crippen molar-refractivity contribution >= 4 is 12.0 Å². The fourth-order valence-electron chi connectivity index (χ4n) is 1.00. The Morgan fingerprint density at radius 3 is 2.24 bits per heavy atom. The van der Waals surface area contributed by atoms with Crippen LogP contribution in [0.25, 0.3) is 0 Å². The molecule has 0 fully saturated rings. The minimum atomic E-state index is -1.02. The molecule has 0 aromatic carbocycles. The predicted molar refractivity (Wildman–Crippen MR) is 66.0 cm³/mol. The van der Waals surface area contributed by atoms with E-state index in [1.165, 1.54) is 0 Å². The zero-order valence-electron chi connectivity index (χ0n) is 11.2. The van der Waals surface area contributed by atoms with Crippen LogP contribution in [0, 0.1) is 0 Å². The van der Waals surface area contributed by atoms with Crippen molar-refractivity contribution in [3.8, 4) is 0 Å². The number of aliphatic carboxylic acids is 1. The molecule has 100 valence electrons. The third-order valence-corrected chi connectivity index (χ3v) is 2.90. The fraction of sp³-hybridized carbons (Fsp3) is 0.818. The highest BCUT2D eigenvalue weighted by atomic mass is 16.4. The van der Waals surface area contributed by atoms with E-state index in [1.807, 2.05) is 32.8 Å². The minimum Gasteiger partial charge on any atom is -0.480 e. The van der Waals surface area contributed by atoms with Crippen molar-refractivity contribution in [3.05, 3.63) is 0 Å². The van der Waals surface area contributed by atoms with E-state index in [2.05, 4.69) is 10.6 Å². The van der Waals surface area contributed by atoms with Crippen molar-refractivity contribution in [2.75, 3.05) is 20.6 Å². The number of rotatable bonds is 6. The van der Waals surface area contributed by atoms with Crippen molar-refractivity contribution in [3.63, 3.8) is 0 Å². The third kappa shape index (κ3) is 5.53. The molecule has 0 saturated carbocycles. The number of carboxylic acids is 1. The predicted octanol–water partition coefficient (Wildman–Crippen LogP) is 0.489. The first-order valence-corrected chi connectivity index (χ1v) is 5.65. The van der Waals surface area contributed by atoms with Gasteiger partial charge in [0.2, 0.25) is 0 Å². The highest BCUT2D eigenvalue weighted by Gasteiger charge is 2.22. The van der Waals surface area contributed by atoms with Crippen LogP contribution in [-0.2, 0) is 4.79 Å². The highest BCUT2D eigenvalue weighted by molar-refractivity contribution is 5.82. The molecule has 0 bridgehead atoms. The largest absolute Gasteiger partial charge is 0.480 e. The molecule has 17 heavy (non-hydrogen) atoms. The van der Waals surface area contributed by atoms with Crippen LogP contribution in [0.2, 0.25) is 0 Å². The van der Waals surface area contributed by atoms with Crippen LogP contribution in [-0.4, -0.2) is 54.2 Å². The van der Waals surface area contributed by atoms with Gasteiger partial charge in [-0.05, 0) is 34.4 Å². The molecule has 0 heterocycles. The maximum absolute atomic E-state index is 11.5. The molecule has 3 N–H and O–H groups in total. The number of hydrogen-bond acceptors (Lipinski definition) is 3. The van der Waals surface area contributed by atoms with Crippen LogP contribution in [0.1, 0.15) is 27.2 Å². The summed E-state index contributed by atoms with van der Waals surface area (Å²) >= 11 is 0. The molecule has 0 radical (unpaired) electrons. The number of hydrogen-bond donors (Lipinski definition) is 3. The van der Waals surface area contributed by atoms with Gasteiger partial charge in [0.05, 0.1) is 0 Å². The first kappa shape index (κ1) is 15.7. The molecule has 0 aliphatic rings. The lowest BCUT2D eigenvalue weighted by Gasteiger charge is -2.32. The summed E-state index contributed by atoms with van der Waals surface area (Å²) < 4.78 is 0. The fourth-order valence-corrected chi connectivity index (χ4v) is 1.00. The topological polar surface area (TPSA) is 81.7 Å². The quantitative estimate of drug-likeness (QED) is 0.636. The molecule has 1 atom stereocenters. The average Bonchev–Trinajstić information content (AvgIpc) is 2.22. The molecular weight excluding hydrogens is 222 g/mol. The SMILES string of the molecule is CC[C@@H](NC(=O)NCC(C)(C)N(C)C)C(=O)O. The number of likely N-dealkylation sites (N-methyl/N-ethyl adjacent to an activating group) is 1. The Bertz CT molecular complexity index is 277. The maximum Gasteiger partial charge on any atom is 0.326 e. The molecule has 6 heteroatoms. The lowest BCUT2D eigenvalue weighted by atomic mass is 10.0. The summed E-state index contributed by atoms with van der Waals surface area (Å²) in [6, 6.07) is -1.29. The lowest BCUT2D eigenvalue weighted by molar-refractivity contribution is -0.139. The van der Waals surface area contributed by atoms with Crippen molar-refractivity contribution < 1.29 is 14.7 Å². The molecule has 0 rings (SSSR count). The van der Waals surface area contributed by atoms with E-state index in [4.69, 9.17) is 5.11 Å². The normalized spacial score (nSPS) is 13.3. The van der Waals surface area contributed by atoms with Crippen LogP contribution in [0.3, 0.4) is 0 Å². The Morgan fingerprint density at radius 2 is 1.88 bits per heavy atom. The van der Waals surface area contributed by atoms with Crippen LogP contribution >= 0.6 is 0 Å². The smallest absolute Gasteiger partial charge is 0.326 e. The first-order valence-electron chi connectivity index (χ1n) is 5.65. The summed E-state index contributed by atoms with van der Waals surface area (Å²) in [5.41, 5.74) is -0.178. The van der Waals surface area contributed by atoms with E-state index >= 15 is 0 Å². The third-order valence-electron chi connectivity index (χ3n) is 2.90. The van der Waals surface area contributed by atoms with Gasteiger partial charge in [-0.1, -0.05) is 6.92 Å². The van der Waals surface area contributed by atoms with Crippen LogP contribution in [0.4, 0.5) is 4.79 Å². The van der Waals surface area contributed by atoms with Crippen LogP contribution in [0.15, 0.2) is 0 Å². The number of carbonyl (C=O) groups excluding carboxylic acids is 1. The molecule has 6 nitrogen and oxygen atoms in total. The Labute approximate surface area is 102 Å². The summed E-state index contributed by atoms with van der Waals surface area (Å²) in [4.78, 5) is 24.2. The van der Waals surface area contributed by atoms with Gasteiger partial charge in [-0.3, -0.25) is 0 Å². The zero-order valence-corrected chi connectivity index (χ0v) is 11.2. The molecule has 0 aromatic heterocycles. The molecule has 2 amide bonds. The molecule has 0 aliphatic heterocycles. The number of nitrogens with one attached hydrogen (secondary N) is 2. The van der Waals surface area contributed by atoms with Gasteiger partial charge >= 0.3 is 12.0 Å². The summed E-state index contributed by atoms with van der Waals surface area (Å²) in [5.74, 6) is -1.02. The van der Waals surface area contributed by atoms with Gasteiger partial charge in [-0.25, -0.2) is 9.59 Å². The van der Waals surface area contributed by atoms with E-state index < -0.39 is 18.0 Å². The Hall–Kier alpha value is -1.30. The average molecular weight is 245 g/mol. The van der Waals surface area contributed by atoms with E-state index in [1.54, 1.807) is 6.92 Å². The van der Waals surface area contributed by atoms with Crippen LogP contribution in [0.5, 0.6) is 0 Å². The van der Waals surface area contributed by atoms with E-state index in [9.17, 15) is 9.59 Å². The van der Waals surface area contributed by atoms with E-state index in [0.717, 1.165) is 0 Å². The summed E-state index contributed by atoms with van der Waals surface area (Å²) in [6.45, 7) is 6.13. The molecule has 0 aliphatic carbocycles. The molecular formula is C11H23N3O3. The van der Waals surface area contributed by atoms with Crippen molar-refractivity contribution in [1.29, 1.82) is 0 Å². The summed E-state index contributed by atoms with van der Waals surface area (Å²) in [7, 11) is 3.84. The molecule has 0 aromatic rings. The van der Waals surface area contributed by atoms with Gasteiger partial charge in [-0.15, -0.1) is 0 Å². The number of nitrogens with zero attached hydrogens (tertiary/aromatic N) is 1. The number of amides is 2. The minimum absolute atomic E-state index is 0.178. The summed E-state index contributed by atoms with van der Waals surface area (Å²) in [6.07, 6.45) is 0.361. The van der Waals surface area contributed by atoms with E-state index in [-0.39, 0.29) is 5.54 Å². The van der Waals surface area contributed by atoms with Gasteiger partial charge in [-0.2, -0.15) is 0 Å². The van der Waals surface area contributed by atoms with Crippen molar-refractivity contribution in [1.82, 2.24) is 15.5 Å². The lowest BCUT2D eigenvalue weighted by Crippen LogP contribution is -2.52. The molecule has 0 unspecified atom stereocenters. The van der Waals surface area contributed by atoms with Gasteiger partial charge < -0.3 is 20.6 Å². The summed E-state index contributed by atoms with van der Waals surface area (Å²) in [5, 5.41) is 13.9. The zero-order chi connectivity index (χ0) is 13.6. The number of carboxylic acid groups (broad SMARTS) is 1.